The summed E-state index contributed by atoms with van der Waals surface area (Å²) >= 11 is 0. The van der Waals surface area contributed by atoms with Crippen LogP contribution in [0.3, 0.4) is 0 Å². The van der Waals surface area contributed by atoms with Crippen LogP contribution in [0.1, 0.15) is 0 Å². The topological polar surface area (TPSA) is 0 Å². The molecule has 0 aromatic rings. The first-order valence-electron chi connectivity index (χ1n) is 0. The molecule has 0 aliphatic rings. The summed E-state index contributed by atoms with van der Waals surface area (Å²) in [7, 11) is 0. The van der Waals surface area contributed by atoms with Gasteiger partial charge in [-0.15, -0.1) is 0 Å². The molecule has 5 heavy (non-hydrogen) atoms. The average Bonchev–Trinajstić information content (AvgIpc) is 0. The van der Waals surface area contributed by atoms with Gasteiger partial charge in [0.1, 0.15) is 0 Å². The van der Waals surface area contributed by atoms with Gasteiger partial charge in [-0.2, -0.15) is 0 Å². The van der Waals surface area contributed by atoms with E-state index < -0.39 is 0 Å². The molecule has 0 fully saturated rings. The number of rotatable bonds is 0. The summed E-state index contributed by atoms with van der Waals surface area (Å²) in [6.07, 6.45) is 0. The molecule has 0 spiro atoms. The van der Waals surface area contributed by atoms with E-state index in [1.54, 1.807) is 0 Å². The Morgan fingerprint density at radius 2 is 1.00 bits per heavy atom. The van der Waals surface area contributed by atoms with E-state index in [1.165, 1.54) is 0 Å². The van der Waals surface area contributed by atoms with Gasteiger partial charge >= 0.3 is 37.7 Å². The quantitative estimate of drug-likeness (QED) is 0.420. The summed E-state index contributed by atoms with van der Waals surface area (Å²) < 4.78 is 0. The summed E-state index contributed by atoms with van der Waals surface area (Å²) in [5.41, 5.74) is 0. The molecule has 0 N–H and O–H groups in total. The molecule has 0 unspecified atom stereocenters. The number of hydrogen-bond donors (Lipinski definition) is 0. The smallest absolute Gasteiger partial charge is 0 e. The third-order valence-corrected chi connectivity index (χ3v) is 0. The molecule has 39 valence electrons. The second-order valence-electron chi connectivity index (χ2n) is 0. The minimum absolute atomic E-state index is 0. The largest absolute Gasteiger partial charge is 0.0149 e. The van der Waals surface area contributed by atoms with Crippen molar-refractivity contribution in [3.63, 3.8) is 0 Å². The molecule has 0 aromatic heterocycles. The first-order valence-corrected chi connectivity index (χ1v) is 0. The Bertz CT molecular complexity index is 11.6. The summed E-state index contributed by atoms with van der Waals surface area (Å²) in [5, 5.41) is 0. The van der Waals surface area contributed by atoms with E-state index in [1.807, 2.05) is 0 Å². The third-order valence-electron chi connectivity index (χ3n) is 0. The first kappa shape index (κ1) is 43.3. The van der Waals surface area contributed by atoms with E-state index in [2.05, 4.69) is 0 Å². The SMILES string of the molecule is [CaH2].[Cr].[Cu].[Ni].[SiH4]. The zero-order chi connectivity index (χ0) is 0. The minimum atomic E-state index is 0. The Balaban J connectivity index is 0. The first-order chi connectivity index (χ1) is 0. The average molecular weight is 248 g/mol. The van der Waals surface area contributed by atoms with Crippen LogP contribution >= 0.6 is 0 Å². The van der Waals surface area contributed by atoms with Gasteiger partial charge in [0.15, 0.2) is 0 Å². The maximum absolute atomic E-state index is 0. The van der Waals surface area contributed by atoms with Crippen LogP contribution in [0.5, 0.6) is 0 Å². The van der Waals surface area contributed by atoms with Crippen molar-refractivity contribution in [3.05, 3.63) is 0 Å². The molecular formula is H6CaCrCuNiSi. The summed E-state index contributed by atoms with van der Waals surface area (Å²) in [5.74, 6) is 0. The van der Waals surface area contributed by atoms with Crippen molar-refractivity contribution in [2.45, 2.75) is 0 Å². The molecule has 0 aliphatic carbocycles. The third kappa shape index (κ3) is 19.4. The van der Waals surface area contributed by atoms with Gasteiger partial charge in [-0.3, -0.25) is 0 Å². The van der Waals surface area contributed by atoms with E-state index >= 15 is 0 Å². The second-order valence-corrected chi connectivity index (χ2v) is 0. The Labute approximate surface area is 97.8 Å². The Morgan fingerprint density at radius 1 is 1.00 bits per heavy atom. The molecule has 0 rings (SSSR count). The van der Waals surface area contributed by atoms with Gasteiger partial charge in [0.2, 0.25) is 0 Å². The second kappa shape index (κ2) is 27.9. The van der Waals surface area contributed by atoms with Gasteiger partial charge in [0.25, 0.3) is 0 Å². The van der Waals surface area contributed by atoms with Gasteiger partial charge in [-0.1, -0.05) is 0 Å². The predicted molar refractivity (Wildman–Crippen MR) is 19.9 cm³/mol. The van der Waals surface area contributed by atoms with Crippen LogP contribution in [0.25, 0.3) is 0 Å². The number of hydrogen-bond acceptors (Lipinski definition) is 0. The summed E-state index contributed by atoms with van der Waals surface area (Å²) in [6.45, 7) is 0. The molecular weight excluding hydrogens is 242 g/mol. The molecule has 0 nitrogen and oxygen atoms in total. The Kier molecular flexibility index (Phi) is 242. The predicted octanol–water partition coefficient (Wildman–Crippen LogP) is -2.38. The van der Waals surface area contributed by atoms with Crippen molar-refractivity contribution in [2.24, 2.45) is 0 Å². The Hall–Kier alpha value is 3.02. The Morgan fingerprint density at radius 3 is 1.00 bits per heavy atom. The van der Waals surface area contributed by atoms with E-state index in [4.69, 9.17) is 0 Å². The van der Waals surface area contributed by atoms with E-state index in [0.717, 1.165) is 0 Å². The fourth-order valence-corrected chi connectivity index (χ4v) is 0. The maximum Gasteiger partial charge on any atom is 0 e. The monoisotopic (exact) mass is 247 g/mol. The molecule has 0 atom stereocenters. The van der Waals surface area contributed by atoms with Crippen molar-refractivity contribution in [3.8, 4) is 0 Å². The van der Waals surface area contributed by atoms with Crippen LogP contribution in [0.4, 0.5) is 0 Å². The van der Waals surface area contributed by atoms with Gasteiger partial charge in [-0.25, -0.2) is 0 Å². The molecule has 0 bridgehead atoms. The van der Waals surface area contributed by atoms with Gasteiger partial charge < -0.3 is 0 Å². The van der Waals surface area contributed by atoms with Crippen LogP contribution in [-0.4, -0.2) is 48.7 Å². The van der Waals surface area contributed by atoms with E-state index in [0.29, 0.717) is 0 Å². The fourth-order valence-electron chi connectivity index (χ4n) is 0. The zero-order valence-electron chi connectivity index (χ0n) is 1.03. The van der Waals surface area contributed by atoms with Crippen molar-refractivity contribution >= 4 is 48.7 Å². The van der Waals surface area contributed by atoms with Crippen molar-refractivity contribution in [1.82, 2.24) is 0 Å². The standard InChI is InChI=1S/Ca.Cr.Cu.Ni.H4Si.2H/h;;;;1H4;;. The van der Waals surface area contributed by atoms with Gasteiger partial charge in [0.05, 0.1) is 0 Å². The molecule has 0 heterocycles. The van der Waals surface area contributed by atoms with Crippen LogP contribution in [0, 0.1) is 0 Å². The zero-order valence-corrected chi connectivity index (χ0v) is 4.23. The normalized spacial score (nSPS) is 0. The van der Waals surface area contributed by atoms with Crippen LogP contribution in [-0.2, 0) is 50.9 Å². The molecule has 0 saturated heterocycles. The van der Waals surface area contributed by atoms with Crippen molar-refractivity contribution < 1.29 is 50.9 Å². The van der Waals surface area contributed by atoms with Crippen LogP contribution in [0.15, 0.2) is 0 Å². The van der Waals surface area contributed by atoms with Crippen molar-refractivity contribution in [2.75, 3.05) is 0 Å². The van der Waals surface area contributed by atoms with E-state index in [9.17, 15) is 0 Å². The molecule has 0 aliphatic heterocycles. The van der Waals surface area contributed by atoms with Crippen LogP contribution in [0.2, 0.25) is 0 Å². The van der Waals surface area contributed by atoms with Crippen LogP contribution < -0.4 is 0 Å². The van der Waals surface area contributed by atoms with Gasteiger partial charge in [-0.05, 0) is 11.0 Å². The molecule has 0 saturated carbocycles. The molecule has 0 amide bonds. The molecule has 0 aromatic carbocycles. The van der Waals surface area contributed by atoms with E-state index in [-0.39, 0.29) is 99.6 Å². The molecule has 1 radical (unpaired) electrons. The summed E-state index contributed by atoms with van der Waals surface area (Å²) in [4.78, 5) is 0. The van der Waals surface area contributed by atoms with Gasteiger partial charge in [0, 0.05) is 50.9 Å². The maximum atomic E-state index is 0. The fraction of sp³-hybridized carbons (Fsp3) is 0. The summed E-state index contributed by atoms with van der Waals surface area (Å²) in [6, 6.07) is 0. The molecule has 5 heteroatoms. The van der Waals surface area contributed by atoms with Crippen molar-refractivity contribution in [1.29, 1.82) is 0 Å². The minimum Gasteiger partial charge on any atom is -0.0149 e.